The topological polar surface area (TPSA) is 93.4 Å². The second kappa shape index (κ2) is 8.38. The molecule has 1 aliphatic rings. The molecule has 3 heterocycles. The zero-order chi connectivity index (χ0) is 21.9. The third-order valence-corrected chi connectivity index (χ3v) is 4.41. The Kier molecular flexibility index (Phi) is 6.06. The molecule has 2 aromatic rings. The molecule has 0 unspecified atom stereocenters. The summed E-state index contributed by atoms with van der Waals surface area (Å²) in [6.07, 6.45) is -4.04. The average molecular weight is 431 g/mol. The van der Waals surface area contributed by atoms with E-state index in [0.29, 0.717) is 0 Å². The first-order valence-electron chi connectivity index (χ1n) is 8.91. The van der Waals surface area contributed by atoms with Gasteiger partial charge in [-0.2, -0.15) is 0 Å². The highest BCUT2D eigenvalue weighted by Gasteiger charge is 2.42. The van der Waals surface area contributed by atoms with E-state index >= 15 is 0 Å². The number of carbonyl (C=O) groups excluding carboxylic acids is 1. The number of hydrogen-bond donors (Lipinski definition) is 2. The van der Waals surface area contributed by atoms with Gasteiger partial charge in [-0.25, -0.2) is 18.7 Å². The van der Waals surface area contributed by atoms with Gasteiger partial charge in [0.2, 0.25) is 0 Å². The van der Waals surface area contributed by atoms with Crippen molar-refractivity contribution in [2.45, 2.75) is 31.2 Å². The van der Waals surface area contributed by atoms with Crippen LogP contribution in [-0.4, -0.2) is 52.2 Å². The number of halogens is 5. The van der Waals surface area contributed by atoms with Crippen molar-refractivity contribution >= 4 is 17.5 Å². The summed E-state index contributed by atoms with van der Waals surface area (Å²) in [4.78, 5) is 21.7. The van der Waals surface area contributed by atoms with Crippen molar-refractivity contribution in [1.82, 2.24) is 14.9 Å². The number of pyridine rings is 2. The van der Waals surface area contributed by atoms with E-state index in [1.807, 2.05) is 0 Å². The normalized spacial score (nSPS) is 18.7. The van der Waals surface area contributed by atoms with Crippen molar-refractivity contribution < 1.29 is 31.5 Å². The smallest absolute Gasteiger partial charge is 0.406 e. The summed E-state index contributed by atoms with van der Waals surface area (Å²) in [6.45, 7) is -0.721. The number of aromatic nitrogens is 2. The number of hydrogen-bond acceptors (Lipinski definition) is 6. The summed E-state index contributed by atoms with van der Waals surface area (Å²) in [5.74, 6) is -4.15. The fraction of sp³-hybridized carbons (Fsp3) is 0.389. The quantitative estimate of drug-likeness (QED) is 0.706. The molecule has 0 aliphatic carbocycles. The van der Waals surface area contributed by atoms with Gasteiger partial charge in [0, 0.05) is 31.3 Å². The molecular formula is C18H18F5N5O2. The summed E-state index contributed by atoms with van der Waals surface area (Å²) in [7, 11) is 0. The molecule has 3 rings (SSSR count). The molecule has 0 saturated carbocycles. The molecule has 1 fully saturated rings. The zero-order valence-corrected chi connectivity index (χ0v) is 15.5. The van der Waals surface area contributed by atoms with Crippen LogP contribution in [0.25, 0.3) is 0 Å². The van der Waals surface area contributed by atoms with Crippen LogP contribution in [0.4, 0.5) is 33.6 Å². The largest absolute Gasteiger partial charge is 0.573 e. The molecule has 0 bridgehead atoms. The van der Waals surface area contributed by atoms with Gasteiger partial charge in [-0.05, 0) is 24.6 Å². The van der Waals surface area contributed by atoms with Crippen LogP contribution in [-0.2, 0) is 0 Å². The Balaban J connectivity index is 1.78. The lowest BCUT2D eigenvalue weighted by Gasteiger charge is -2.38. The summed E-state index contributed by atoms with van der Waals surface area (Å²) in [6, 6.07) is 5.74. The van der Waals surface area contributed by atoms with E-state index in [4.69, 9.17) is 5.73 Å². The monoisotopic (exact) mass is 431 g/mol. The van der Waals surface area contributed by atoms with Crippen LogP contribution in [0.3, 0.4) is 0 Å². The van der Waals surface area contributed by atoms with E-state index in [1.54, 1.807) is 0 Å². The van der Waals surface area contributed by atoms with E-state index < -0.39 is 36.5 Å². The van der Waals surface area contributed by atoms with Crippen LogP contribution in [0, 0.1) is 0 Å². The zero-order valence-electron chi connectivity index (χ0n) is 15.5. The van der Waals surface area contributed by atoms with E-state index in [0.717, 1.165) is 23.2 Å². The molecule has 0 radical (unpaired) electrons. The van der Waals surface area contributed by atoms with Crippen LogP contribution in [0.1, 0.15) is 23.3 Å². The Morgan fingerprint density at radius 1 is 1.30 bits per heavy atom. The highest BCUT2D eigenvalue weighted by molar-refractivity contribution is 5.93. The number of alkyl halides is 5. The molecule has 1 amide bonds. The van der Waals surface area contributed by atoms with Gasteiger partial charge >= 0.3 is 6.36 Å². The molecule has 1 atom stereocenters. The Hall–Kier alpha value is -3.02. The second-order valence-corrected chi connectivity index (χ2v) is 6.67. The molecule has 1 saturated heterocycles. The molecular weight excluding hydrogens is 413 g/mol. The fourth-order valence-electron chi connectivity index (χ4n) is 3.05. The first kappa shape index (κ1) is 21.7. The predicted molar refractivity (Wildman–Crippen MR) is 96.5 cm³/mol. The molecule has 30 heavy (non-hydrogen) atoms. The van der Waals surface area contributed by atoms with Crippen molar-refractivity contribution in [2.75, 3.05) is 18.4 Å². The predicted octanol–water partition coefficient (Wildman–Crippen LogP) is 3.32. The molecule has 162 valence electrons. The fourth-order valence-corrected chi connectivity index (χ4v) is 3.05. The van der Waals surface area contributed by atoms with Gasteiger partial charge < -0.3 is 20.7 Å². The van der Waals surface area contributed by atoms with Crippen molar-refractivity contribution in [3.05, 3.63) is 42.2 Å². The summed E-state index contributed by atoms with van der Waals surface area (Å²) < 4.78 is 68.5. The Morgan fingerprint density at radius 3 is 2.77 bits per heavy atom. The van der Waals surface area contributed by atoms with Crippen molar-refractivity contribution in [2.24, 2.45) is 5.73 Å². The average Bonchev–Trinajstić information content (AvgIpc) is 2.66. The molecule has 0 aromatic carbocycles. The van der Waals surface area contributed by atoms with E-state index in [1.165, 1.54) is 18.2 Å². The highest BCUT2D eigenvalue weighted by atomic mass is 19.4. The lowest BCUT2D eigenvalue weighted by atomic mass is 9.99. The van der Waals surface area contributed by atoms with E-state index in [2.05, 4.69) is 20.0 Å². The summed E-state index contributed by atoms with van der Waals surface area (Å²) >= 11 is 0. The lowest BCUT2D eigenvalue weighted by molar-refractivity contribution is -0.274. The molecule has 12 heteroatoms. The number of nitrogens with two attached hydrogens (primary N) is 1. The highest BCUT2D eigenvalue weighted by Crippen LogP contribution is 2.31. The Morgan fingerprint density at radius 2 is 2.07 bits per heavy atom. The second-order valence-electron chi connectivity index (χ2n) is 6.67. The number of nitrogens with zero attached hydrogens (tertiary/aromatic N) is 3. The molecule has 1 aliphatic heterocycles. The van der Waals surface area contributed by atoms with Gasteiger partial charge in [-0.15, -0.1) is 13.2 Å². The number of piperidine rings is 1. The number of carbonyl (C=O) groups is 1. The summed E-state index contributed by atoms with van der Waals surface area (Å²) in [5, 5.41) is 2.66. The van der Waals surface area contributed by atoms with Crippen LogP contribution >= 0.6 is 0 Å². The number of nitrogens with one attached hydrogen (secondary N) is 1. The lowest BCUT2D eigenvalue weighted by Crippen LogP contribution is -2.54. The van der Waals surface area contributed by atoms with Gasteiger partial charge in [0.25, 0.3) is 11.8 Å². The van der Waals surface area contributed by atoms with Crippen LogP contribution in [0.2, 0.25) is 0 Å². The minimum atomic E-state index is -4.86. The van der Waals surface area contributed by atoms with E-state index in [-0.39, 0.29) is 36.7 Å². The standard InChI is InChI=1S/C18H18F5N5O2/c19-17(20)6-4-11(9-24)28(10-17)16(29)13-2-1-3-14(26-13)27-15-8-12(5-7-25-15)30-18(21,22)23/h1-3,5,7-8,11H,4,6,9-10,24H2,(H,25,26,27)/t11-/m1/s1. The third kappa shape index (κ3) is 5.53. The molecule has 0 spiro atoms. The third-order valence-electron chi connectivity index (χ3n) is 4.41. The van der Waals surface area contributed by atoms with Crippen molar-refractivity contribution in [3.63, 3.8) is 0 Å². The van der Waals surface area contributed by atoms with Gasteiger partial charge in [0.05, 0.1) is 6.54 Å². The maximum Gasteiger partial charge on any atom is 0.573 e. The maximum atomic E-state index is 13.8. The van der Waals surface area contributed by atoms with Gasteiger partial charge in [-0.1, -0.05) is 6.07 Å². The van der Waals surface area contributed by atoms with E-state index in [9.17, 15) is 26.7 Å². The van der Waals surface area contributed by atoms with Gasteiger partial charge in [0.1, 0.15) is 23.1 Å². The minimum absolute atomic E-state index is 0.0156. The number of anilines is 2. The maximum absolute atomic E-state index is 13.8. The molecule has 2 aromatic heterocycles. The van der Waals surface area contributed by atoms with Gasteiger partial charge in [0.15, 0.2) is 0 Å². The van der Waals surface area contributed by atoms with Gasteiger partial charge in [-0.3, -0.25) is 4.79 Å². The Bertz CT molecular complexity index is 909. The first-order chi connectivity index (χ1) is 14.1. The minimum Gasteiger partial charge on any atom is -0.406 e. The number of likely N-dealkylation sites (tertiary alicyclic amines) is 1. The molecule has 3 N–H and O–H groups in total. The Labute approximate surface area is 168 Å². The van der Waals surface area contributed by atoms with Crippen molar-refractivity contribution in [1.29, 1.82) is 0 Å². The number of rotatable bonds is 5. The van der Waals surface area contributed by atoms with Crippen LogP contribution in [0.5, 0.6) is 5.75 Å². The first-order valence-corrected chi connectivity index (χ1v) is 8.91. The number of amides is 1. The summed E-state index contributed by atoms with van der Waals surface area (Å²) in [5.41, 5.74) is 5.50. The SMILES string of the molecule is NC[C@H]1CCC(F)(F)CN1C(=O)c1cccc(Nc2cc(OC(F)(F)F)ccn2)n1. The van der Waals surface area contributed by atoms with Crippen LogP contribution in [0.15, 0.2) is 36.5 Å². The van der Waals surface area contributed by atoms with Crippen molar-refractivity contribution in [3.8, 4) is 5.75 Å². The van der Waals surface area contributed by atoms with Crippen LogP contribution < -0.4 is 15.8 Å². The molecule has 7 nitrogen and oxygen atoms in total. The number of ether oxygens (including phenoxy) is 1.